The second kappa shape index (κ2) is 4.93. The Kier molecular flexibility index (Phi) is 3.35. The lowest BCUT2D eigenvalue weighted by Crippen LogP contribution is -1.91. The van der Waals surface area contributed by atoms with Crippen molar-refractivity contribution in [1.82, 2.24) is 4.98 Å². The van der Waals surface area contributed by atoms with E-state index in [4.69, 9.17) is 26.8 Å². The first kappa shape index (κ1) is 11.5. The average Bonchev–Trinajstić information content (AvgIpc) is 2.35. The van der Waals surface area contributed by atoms with Gasteiger partial charge in [0.25, 0.3) is 0 Å². The third-order valence-corrected chi connectivity index (χ3v) is 2.43. The SMILES string of the molecule is COc1ccc(Oc2cc(N)ccc2Cl)nc1. The maximum absolute atomic E-state index is 5.97. The monoisotopic (exact) mass is 250 g/mol. The molecule has 1 aromatic carbocycles. The van der Waals surface area contributed by atoms with Crippen molar-refractivity contribution < 1.29 is 9.47 Å². The summed E-state index contributed by atoms with van der Waals surface area (Å²) in [5.74, 6) is 1.57. The highest BCUT2D eigenvalue weighted by Crippen LogP contribution is 2.30. The number of pyridine rings is 1. The summed E-state index contributed by atoms with van der Waals surface area (Å²) in [7, 11) is 1.58. The van der Waals surface area contributed by atoms with Crippen molar-refractivity contribution in [1.29, 1.82) is 0 Å². The topological polar surface area (TPSA) is 57.4 Å². The molecule has 5 heteroatoms. The van der Waals surface area contributed by atoms with Crippen LogP contribution in [0, 0.1) is 0 Å². The predicted octanol–water partition coefficient (Wildman–Crippen LogP) is 3.12. The van der Waals surface area contributed by atoms with Crippen LogP contribution in [0.15, 0.2) is 36.5 Å². The smallest absolute Gasteiger partial charge is 0.219 e. The van der Waals surface area contributed by atoms with Gasteiger partial charge in [-0.2, -0.15) is 0 Å². The molecule has 0 aliphatic heterocycles. The Balaban J connectivity index is 2.22. The van der Waals surface area contributed by atoms with Crippen molar-refractivity contribution in [3.05, 3.63) is 41.6 Å². The van der Waals surface area contributed by atoms with Crippen LogP contribution in [0.2, 0.25) is 5.02 Å². The molecule has 0 saturated heterocycles. The number of nitrogens with two attached hydrogens (primary N) is 1. The minimum Gasteiger partial charge on any atom is -0.495 e. The fraction of sp³-hybridized carbons (Fsp3) is 0.0833. The summed E-state index contributed by atoms with van der Waals surface area (Å²) in [6.07, 6.45) is 1.57. The largest absolute Gasteiger partial charge is 0.495 e. The zero-order valence-electron chi connectivity index (χ0n) is 9.18. The van der Waals surface area contributed by atoms with Crippen LogP contribution in [0.3, 0.4) is 0 Å². The summed E-state index contributed by atoms with van der Waals surface area (Å²) in [6, 6.07) is 8.47. The zero-order valence-corrected chi connectivity index (χ0v) is 9.94. The molecule has 2 N–H and O–H groups in total. The van der Waals surface area contributed by atoms with Crippen molar-refractivity contribution in [3.8, 4) is 17.4 Å². The molecule has 0 aliphatic rings. The van der Waals surface area contributed by atoms with Crippen molar-refractivity contribution >= 4 is 17.3 Å². The first-order chi connectivity index (χ1) is 8.19. The second-order valence-electron chi connectivity index (χ2n) is 3.33. The van der Waals surface area contributed by atoms with Gasteiger partial charge in [0, 0.05) is 17.8 Å². The van der Waals surface area contributed by atoms with E-state index >= 15 is 0 Å². The summed E-state index contributed by atoms with van der Waals surface area (Å²) in [6.45, 7) is 0. The Hall–Kier alpha value is -1.94. The molecule has 0 bridgehead atoms. The van der Waals surface area contributed by atoms with Crippen LogP contribution in [-0.2, 0) is 0 Å². The van der Waals surface area contributed by atoms with Crippen LogP contribution in [-0.4, -0.2) is 12.1 Å². The quantitative estimate of drug-likeness (QED) is 0.851. The van der Waals surface area contributed by atoms with Crippen LogP contribution in [0.1, 0.15) is 0 Å². The van der Waals surface area contributed by atoms with Crippen LogP contribution in [0.4, 0.5) is 5.69 Å². The summed E-state index contributed by atoms with van der Waals surface area (Å²) < 4.78 is 10.5. The van der Waals surface area contributed by atoms with E-state index in [-0.39, 0.29) is 0 Å². The molecule has 0 atom stereocenters. The normalized spacial score (nSPS) is 10.0. The highest BCUT2D eigenvalue weighted by molar-refractivity contribution is 6.32. The lowest BCUT2D eigenvalue weighted by molar-refractivity contribution is 0.408. The lowest BCUT2D eigenvalue weighted by Gasteiger charge is -2.07. The van der Waals surface area contributed by atoms with Gasteiger partial charge in [0.2, 0.25) is 5.88 Å². The van der Waals surface area contributed by atoms with Gasteiger partial charge in [0.05, 0.1) is 18.3 Å². The van der Waals surface area contributed by atoms with Gasteiger partial charge >= 0.3 is 0 Å². The predicted molar refractivity (Wildman–Crippen MR) is 66.7 cm³/mol. The van der Waals surface area contributed by atoms with E-state index < -0.39 is 0 Å². The van der Waals surface area contributed by atoms with Crippen LogP contribution in [0.25, 0.3) is 0 Å². The van der Waals surface area contributed by atoms with E-state index in [1.807, 2.05) is 0 Å². The number of hydrogen-bond donors (Lipinski definition) is 1. The van der Waals surface area contributed by atoms with Crippen molar-refractivity contribution in [2.75, 3.05) is 12.8 Å². The molecule has 0 aliphatic carbocycles. The maximum Gasteiger partial charge on any atom is 0.219 e. The van der Waals surface area contributed by atoms with E-state index in [1.165, 1.54) is 0 Å². The van der Waals surface area contributed by atoms with Crippen molar-refractivity contribution in [2.45, 2.75) is 0 Å². The molecule has 0 saturated carbocycles. The Morgan fingerprint density at radius 2 is 2.06 bits per heavy atom. The number of hydrogen-bond acceptors (Lipinski definition) is 4. The highest BCUT2D eigenvalue weighted by atomic mass is 35.5. The molecule has 0 amide bonds. The van der Waals surface area contributed by atoms with E-state index in [0.717, 1.165) is 0 Å². The molecular formula is C12H11ClN2O2. The van der Waals surface area contributed by atoms with Gasteiger partial charge in [-0.3, -0.25) is 0 Å². The van der Waals surface area contributed by atoms with Crippen LogP contribution < -0.4 is 15.2 Å². The number of rotatable bonds is 3. The van der Waals surface area contributed by atoms with E-state index in [2.05, 4.69) is 4.98 Å². The van der Waals surface area contributed by atoms with Gasteiger partial charge in [-0.1, -0.05) is 11.6 Å². The molecule has 0 spiro atoms. The fourth-order valence-corrected chi connectivity index (χ4v) is 1.41. The van der Waals surface area contributed by atoms with Gasteiger partial charge in [0.1, 0.15) is 11.5 Å². The number of nitrogen functional groups attached to an aromatic ring is 1. The summed E-state index contributed by atoms with van der Waals surface area (Å²) in [5, 5.41) is 0.483. The second-order valence-corrected chi connectivity index (χ2v) is 3.74. The third-order valence-electron chi connectivity index (χ3n) is 2.11. The van der Waals surface area contributed by atoms with Gasteiger partial charge in [-0.15, -0.1) is 0 Å². The summed E-state index contributed by atoms with van der Waals surface area (Å²) in [5.41, 5.74) is 6.23. The first-order valence-electron chi connectivity index (χ1n) is 4.92. The van der Waals surface area contributed by atoms with E-state index in [1.54, 1.807) is 43.6 Å². The maximum atomic E-state index is 5.97. The lowest BCUT2D eigenvalue weighted by atomic mass is 10.3. The molecule has 17 heavy (non-hydrogen) atoms. The standard InChI is InChI=1S/C12H11ClN2O2/c1-16-9-3-5-12(15-7-9)17-11-6-8(14)2-4-10(11)13/h2-7H,14H2,1H3. The fourth-order valence-electron chi connectivity index (χ4n) is 1.26. The molecule has 0 fully saturated rings. The zero-order chi connectivity index (χ0) is 12.3. The molecule has 2 aromatic rings. The van der Waals surface area contributed by atoms with Crippen LogP contribution >= 0.6 is 11.6 Å². The number of ether oxygens (including phenoxy) is 2. The number of aromatic nitrogens is 1. The van der Waals surface area contributed by atoms with Gasteiger partial charge < -0.3 is 15.2 Å². The number of anilines is 1. The minimum atomic E-state index is 0.429. The summed E-state index contributed by atoms with van der Waals surface area (Å²) in [4.78, 5) is 4.07. The highest BCUT2D eigenvalue weighted by Gasteiger charge is 2.04. The Labute approximate surface area is 104 Å². The molecular weight excluding hydrogens is 240 g/mol. The molecule has 1 heterocycles. The van der Waals surface area contributed by atoms with Gasteiger partial charge in [-0.05, 0) is 18.2 Å². The third kappa shape index (κ3) is 2.79. The number of halogens is 1. The Morgan fingerprint density at radius 1 is 1.24 bits per heavy atom. The minimum absolute atomic E-state index is 0.429. The van der Waals surface area contributed by atoms with E-state index in [9.17, 15) is 0 Å². The van der Waals surface area contributed by atoms with Gasteiger partial charge in [-0.25, -0.2) is 4.98 Å². The van der Waals surface area contributed by atoms with Crippen LogP contribution in [0.5, 0.6) is 17.4 Å². The Morgan fingerprint density at radius 3 is 2.71 bits per heavy atom. The molecule has 1 aromatic heterocycles. The average molecular weight is 251 g/mol. The number of nitrogens with zero attached hydrogens (tertiary/aromatic N) is 1. The first-order valence-corrected chi connectivity index (χ1v) is 5.30. The molecule has 2 rings (SSSR count). The Bertz CT molecular complexity index is 514. The molecule has 0 unspecified atom stereocenters. The molecule has 0 radical (unpaired) electrons. The molecule has 88 valence electrons. The van der Waals surface area contributed by atoms with E-state index in [0.29, 0.717) is 28.1 Å². The van der Waals surface area contributed by atoms with Gasteiger partial charge in [0.15, 0.2) is 0 Å². The van der Waals surface area contributed by atoms with Crippen molar-refractivity contribution in [3.63, 3.8) is 0 Å². The summed E-state index contributed by atoms with van der Waals surface area (Å²) >= 11 is 5.97. The molecule has 4 nitrogen and oxygen atoms in total. The van der Waals surface area contributed by atoms with Crippen molar-refractivity contribution in [2.24, 2.45) is 0 Å². The number of methoxy groups -OCH3 is 1. The number of benzene rings is 1.